The summed E-state index contributed by atoms with van der Waals surface area (Å²) in [6.07, 6.45) is 3.14. The van der Waals surface area contributed by atoms with Crippen LogP contribution in [-0.4, -0.2) is 41.9 Å². The van der Waals surface area contributed by atoms with Gasteiger partial charge in [-0.3, -0.25) is 9.69 Å². The SMILES string of the molecule is CSCCC(C)N(C)C(C)C(=O)Nc1ccc(N)cc1Cl. The Morgan fingerprint density at radius 2 is 2.14 bits per heavy atom. The van der Waals surface area contributed by atoms with E-state index in [2.05, 4.69) is 23.4 Å². The van der Waals surface area contributed by atoms with E-state index in [0.717, 1.165) is 12.2 Å². The van der Waals surface area contributed by atoms with Crippen molar-refractivity contribution in [2.75, 3.05) is 30.1 Å². The van der Waals surface area contributed by atoms with Crippen LogP contribution < -0.4 is 11.1 Å². The molecule has 0 aliphatic carbocycles. The minimum atomic E-state index is -0.226. The maximum atomic E-state index is 12.3. The van der Waals surface area contributed by atoms with Crippen molar-refractivity contribution in [1.29, 1.82) is 0 Å². The van der Waals surface area contributed by atoms with Crippen LogP contribution in [0.4, 0.5) is 11.4 Å². The first-order valence-corrected chi connectivity index (χ1v) is 8.70. The summed E-state index contributed by atoms with van der Waals surface area (Å²) in [7, 11) is 1.97. The van der Waals surface area contributed by atoms with E-state index in [0.29, 0.717) is 22.4 Å². The van der Waals surface area contributed by atoms with Gasteiger partial charge in [0.1, 0.15) is 0 Å². The van der Waals surface area contributed by atoms with Crippen LogP contribution >= 0.6 is 23.4 Å². The zero-order valence-corrected chi connectivity index (χ0v) is 14.6. The van der Waals surface area contributed by atoms with Crippen molar-refractivity contribution in [3.63, 3.8) is 0 Å². The smallest absolute Gasteiger partial charge is 0.241 e. The fourth-order valence-electron chi connectivity index (χ4n) is 1.93. The van der Waals surface area contributed by atoms with Gasteiger partial charge in [0.15, 0.2) is 0 Å². The van der Waals surface area contributed by atoms with Gasteiger partial charge in [-0.2, -0.15) is 11.8 Å². The third-order valence-corrected chi connectivity index (χ3v) is 4.63. The first-order valence-electron chi connectivity index (χ1n) is 6.93. The molecule has 0 heterocycles. The number of nitrogens with zero attached hydrogens (tertiary/aromatic N) is 1. The van der Waals surface area contributed by atoms with Crippen molar-refractivity contribution in [2.24, 2.45) is 0 Å². The van der Waals surface area contributed by atoms with Crippen LogP contribution in [0.2, 0.25) is 5.02 Å². The number of hydrogen-bond donors (Lipinski definition) is 2. The number of anilines is 2. The molecular weight excluding hydrogens is 306 g/mol. The molecule has 0 aromatic heterocycles. The molecule has 0 fully saturated rings. The fourth-order valence-corrected chi connectivity index (χ4v) is 2.74. The van der Waals surface area contributed by atoms with Gasteiger partial charge in [0.25, 0.3) is 0 Å². The van der Waals surface area contributed by atoms with Gasteiger partial charge in [0.05, 0.1) is 16.8 Å². The van der Waals surface area contributed by atoms with Gasteiger partial charge < -0.3 is 11.1 Å². The molecule has 2 atom stereocenters. The molecule has 0 aliphatic heterocycles. The number of nitrogens with one attached hydrogen (secondary N) is 1. The zero-order chi connectivity index (χ0) is 16.0. The first-order chi connectivity index (χ1) is 9.86. The Morgan fingerprint density at radius 3 is 2.71 bits per heavy atom. The van der Waals surface area contributed by atoms with Crippen molar-refractivity contribution in [3.05, 3.63) is 23.2 Å². The predicted octanol–water partition coefficient (Wildman–Crippen LogP) is 3.32. The van der Waals surface area contributed by atoms with E-state index in [1.165, 1.54) is 0 Å². The molecular formula is C15H24ClN3OS. The molecule has 0 spiro atoms. The molecule has 4 nitrogen and oxygen atoms in total. The maximum absolute atomic E-state index is 12.3. The monoisotopic (exact) mass is 329 g/mol. The van der Waals surface area contributed by atoms with E-state index in [4.69, 9.17) is 17.3 Å². The number of nitrogen functional groups attached to an aromatic ring is 1. The number of carbonyl (C=O) groups is 1. The molecule has 21 heavy (non-hydrogen) atoms. The van der Waals surface area contributed by atoms with Gasteiger partial charge in [0.2, 0.25) is 5.91 Å². The molecule has 0 aliphatic rings. The predicted molar refractivity (Wildman–Crippen MR) is 94.2 cm³/mol. The van der Waals surface area contributed by atoms with Crippen LogP contribution in [0.25, 0.3) is 0 Å². The Bertz CT molecular complexity index is 484. The molecule has 3 N–H and O–H groups in total. The Hall–Kier alpha value is -0.910. The highest BCUT2D eigenvalue weighted by molar-refractivity contribution is 7.98. The van der Waals surface area contributed by atoms with E-state index in [1.807, 2.05) is 25.7 Å². The minimum absolute atomic E-state index is 0.0693. The quantitative estimate of drug-likeness (QED) is 0.753. The number of likely N-dealkylation sites (N-methyl/N-ethyl adjacent to an activating group) is 1. The fraction of sp³-hybridized carbons (Fsp3) is 0.533. The van der Waals surface area contributed by atoms with Crippen LogP contribution in [0.15, 0.2) is 18.2 Å². The number of rotatable bonds is 7. The zero-order valence-electron chi connectivity index (χ0n) is 13.0. The van der Waals surface area contributed by atoms with Crippen LogP contribution in [0.1, 0.15) is 20.3 Å². The molecule has 6 heteroatoms. The largest absolute Gasteiger partial charge is 0.399 e. The summed E-state index contributed by atoms with van der Waals surface area (Å²) in [5.41, 5.74) is 6.81. The van der Waals surface area contributed by atoms with Crippen molar-refractivity contribution < 1.29 is 4.79 Å². The standard InChI is InChI=1S/C15H24ClN3OS/c1-10(7-8-21-4)19(3)11(2)15(20)18-14-6-5-12(17)9-13(14)16/h5-6,9-11H,7-8,17H2,1-4H3,(H,18,20). The van der Waals surface area contributed by atoms with Gasteiger partial charge in [-0.15, -0.1) is 0 Å². The number of nitrogens with two attached hydrogens (primary N) is 1. The number of halogens is 1. The second kappa shape index (κ2) is 8.51. The molecule has 0 radical (unpaired) electrons. The average Bonchev–Trinajstić information content (AvgIpc) is 2.45. The molecule has 118 valence electrons. The molecule has 2 unspecified atom stereocenters. The summed E-state index contributed by atoms with van der Waals surface area (Å²) in [6.45, 7) is 4.03. The highest BCUT2D eigenvalue weighted by Gasteiger charge is 2.22. The Kier molecular flexibility index (Phi) is 7.35. The molecule has 0 saturated heterocycles. The van der Waals surface area contributed by atoms with E-state index >= 15 is 0 Å². The maximum Gasteiger partial charge on any atom is 0.241 e. The number of carbonyl (C=O) groups excluding carboxylic acids is 1. The van der Waals surface area contributed by atoms with Gasteiger partial charge in [-0.05, 0) is 57.5 Å². The lowest BCUT2D eigenvalue weighted by Gasteiger charge is -2.30. The summed E-state index contributed by atoms with van der Waals surface area (Å²) in [6, 6.07) is 5.19. The normalized spacial score (nSPS) is 14.0. The lowest BCUT2D eigenvalue weighted by molar-refractivity contribution is -0.120. The van der Waals surface area contributed by atoms with Gasteiger partial charge in [-0.25, -0.2) is 0 Å². The summed E-state index contributed by atoms with van der Waals surface area (Å²) in [5, 5.41) is 3.31. The lowest BCUT2D eigenvalue weighted by Crippen LogP contribution is -2.44. The summed E-state index contributed by atoms with van der Waals surface area (Å²) >= 11 is 7.89. The van der Waals surface area contributed by atoms with Crippen molar-refractivity contribution in [3.8, 4) is 0 Å². The van der Waals surface area contributed by atoms with Crippen molar-refractivity contribution in [1.82, 2.24) is 4.90 Å². The second-order valence-corrected chi connectivity index (χ2v) is 6.59. The topological polar surface area (TPSA) is 58.4 Å². The van der Waals surface area contributed by atoms with E-state index in [-0.39, 0.29) is 11.9 Å². The van der Waals surface area contributed by atoms with Crippen molar-refractivity contribution >= 4 is 40.6 Å². The van der Waals surface area contributed by atoms with Gasteiger partial charge >= 0.3 is 0 Å². The molecule has 1 aromatic carbocycles. The van der Waals surface area contributed by atoms with Crippen LogP contribution in [-0.2, 0) is 4.79 Å². The van der Waals surface area contributed by atoms with Crippen molar-refractivity contribution in [2.45, 2.75) is 32.4 Å². The number of hydrogen-bond acceptors (Lipinski definition) is 4. The van der Waals surface area contributed by atoms with Crippen LogP contribution in [0.5, 0.6) is 0 Å². The summed E-state index contributed by atoms with van der Waals surface area (Å²) < 4.78 is 0. The number of thioether (sulfide) groups is 1. The Labute approximate surface area is 136 Å². The lowest BCUT2D eigenvalue weighted by atomic mass is 10.1. The highest BCUT2D eigenvalue weighted by atomic mass is 35.5. The minimum Gasteiger partial charge on any atom is -0.399 e. The van der Waals surface area contributed by atoms with Gasteiger partial charge in [0, 0.05) is 11.7 Å². The summed E-state index contributed by atoms with van der Waals surface area (Å²) in [5.74, 6) is 1.02. The first kappa shape index (κ1) is 18.1. The van der Waals surface area contributed by atoms with E-state index in [1.54, 1.807) is 18.2 Å². The van der Waals surface area contributed by atoms with E-state index in [9.17, 15) is 4.79 Å². The summed E-state index contributed by atoms with van der Waals surface area (Å²) in [4.78, 5) is 14.4. The highest BCUT2D eigenvalue weighted by Crippen LogP contribution is 2.24. The Morgan fingerprint density at radius 1 is 1.48 bits per heavy atom. The van der Waals surface area contributed by atoms with E-state index < -0.39 is 0 Å². The molecule has 1 amide bonds. The molecule has 0 saturated carbocycles. The molecule has 0 bridgehead atoms. The number of benzene rings is 1. The van der Waals surface area contributed by atoms with Gasteiger partial charge in [-0.1, -0.05) is 11.6 Å². The van der Waals surface area contributed by atoms with Crippen LogP contribution in [0, 0.1) is 0 Å². The third-order valence-electron chi connectivity index (χ3n) is 3.68. The number of amides is 1. The third kappa shape index (κ3) is 5.41. The average molecular weight is 330 g/mol. The molecule has 1 aromatic rings. The Balaban J connectivity index is 2.65. The second-order valence-electron chi connectivity index (χ2n) is 5.20. The molecule has 1 rings (SSSR count). The van der Waals surface area contributed by atoms with Crippen LogP contribution in [0.3, 0.4) is 0 Å².